The van der Waals surface area contributed by atoms with Gasteiger partial charge in [0.25, 0.3) is 0 Å². The van der Waals surface area contributed by atoms with Crippen molar-refractivity contribution in [3.8, 4) is 17.6 Å². The molecule has 4 heteroatoms. The number of rotatable bonds is 5. The van der Waals surface area contributed by atoms with Crippen molar-refractivity contribution >= 4 is 0 Å². The molecule has 2 rings (SSSR count). The average Bonchev–Trinajstić information content (AvgIpc) is 2.69. The van der Waals surface area contributed by atoms with E-state index < -0.39 is 0 Å². The second kappa shape index (κ2) is 5.50. The van der Waals surface area contributed by atoms with Gasteiger partial charge in [-0.3, -0.25) is 0 Å². The van der Waals surface area contributed by atoms with Crippen molar-refractivity contribution in [3.63, 3.8) is 0 Å². The first kappa shape index (κ1) is 13.7. The van der Waals surface area contributed by atoms with Gasteiger partial charge in [-0.1, -0.05) is 12.1 Å². The number of hydrogen-bond donors (Lipinski definition) is 1. The molecule has 0 radical (unpaired) electrons. The Morgan fingerprint density at radius 1 is 1.53 bits per heavy atom. The van der Waals surface area contributed by atoms with Gasteiger partial charge in [-0.05, 0) is 27.0 Å². The Balaban J connectivity index is 2.00. The Morgan fingerprint density at radius 3 is 3.00 bits per heavy atom. The van der Waals surface area contributed by atoms with Gasteiger partial charge in [0.15, 0.2) is 11.5 Å². The van der Waals surface area contributed by atoms with E-state index in [1.165, 1.54) is 5.56 Å². The van der Waals surface area contributed by atoms with Crippen LogP contribution in [0.1, 0.15) is 25.8 Å². The molecule has 1 aliphatic rings. The second-order valence-corrected chi connectivity index (χ2v) is 5.39. The molecule has 0 fully saturated rings. The summed E-state index contributed by atoms with van der Waals surface area (Å²) >= 11 is 0. The van der Waals surface area contributed by atoms with Gasteiger partial charge < -0.3 is 14.8 Å². The highest BCUT2D eigenvalue weighted by molar-refractivity contribution is 5.50. The van der Waals surface area contributed by atoms with E-state index in [9.17, 15) is 0 Å². The highest BCUT2D eigenvalue weighted by Gasteiger charge is 2.32. The summed E-state index contributed by atoms with van der Waals surface area (Å²) in [4.78, 5) is 0. The SMILES string of the molecule is CNC(C#N)CCOc1cccc2c1OC(C)(C)C2. The third kappa shape index (κ3) is 3.18. The molecule has 1 aromatic carbocycles. The minimum atomic E-state index is -0.172. The summed E-state index contributed by atoms with van der Waals surface area (Å²) < 4.78 is 11.7. The molecule has 19 heavy (non-hydrogen) atoms. The molecule has 4 nitrogen and oxygen atoms in total. The number of nitrogens with one attached hydrogen (secondary N) is 1. The van der Waals surface area contributed by atoms with Gasteiger partial charge in [0.2, 0.25) is 0 Å². The molecule has 1 aliphatic heterocycles. The lowest BCUT2D eigenvalue weighted by Gasteiger charge is -2.18. The molecule has 0 saturated heterocycles. The van der Waals surface area contributed by atoms with Crippen LogP contribution in [0.15, 0.2) is 18.2 Å². The van der Waals surface area contributed by atoms with Gasteiger partial charge in [-0.15, -0.1) is 0 Å². The first-order valence-electron chi connectivity index (χ1n) is 6.56. The fraction of sp³-hybridized carbons (Fsp3) is 0.533. The monoisotopic (exact) mass is 260 g/mol. The number of para-hydroxylation sites is 1. The summed E-state index contributed by atoms with van der Waals surface area (Å²) in [6.45, 7) is 4.65. The minimum Gasteiger partial charge on any atom is -0.490 e. The molecule has 1 atom stereocenters. The molecule has 0 amide bonds. The third-order valence-electron chi connectivity index (χ3n) is 3.22. The lowest BCUT2D eigenvalue weighted by molar-refractivity contribution is 0.132. The van der Waals surface area contributed by atoms with Crippen LogP contribution < -0.4 is 14.8 Å². The predicted octanol–water partition coefficient (Wildman–Crippen LogP) is 2.28. The Hall–Kier alpha value is -1.73. The zero-order valence-electron chi connectivity index (χ0n) is 11.7. The van der Waals surface area contributed by atoms with Crippen LogP contribution in [-0.4, -0.2) is 25.3 Å². The van der Waals surface area contributed by atoms with Crippen LogP contribution in [0.4, 0.5) is 0 Å². The van der Waals surface area contributed by atoms with Gasteiger partial charge in [-0.2, -0.15) is 5.26 Å². The van der Waals surface area contributed by atoms with Crippen molar-refractivity contribution in [1.29, 1.82) is 5.26 Å². The Kier molecular flexibility index (Phi) is 3.96. The maximum Gasteiger partial charge on any atom is 0.165 e. The summed E-state index contributed by atoms with van der Waals surface area (Å²) in [5.41, 5.74) is 1.02. The molecule has 1 heterocycles. The van der Waals surface area contributed by atoms with Crippen LogP contribution >= 0.6 is 0 Å². The smallest absolute Gasteiger partial charge is 0.165 e. The lowest BCUT2D eigenvalue weighted by atomic mass is 10.0. The fourth-order valence-electron chi connectivity index (χ4n) is 2.26. The zero-order valence-corrected chi connectivity index (χ0v) is 11.7. The second-order valence-electron chi connectivity index (χ2n) is 5.39. The highest BCUT2D eigenvalue weighted by Crippen LogP contribution is 2.41. The quantitative estimate of drug-likeness (QED) is 0.882. The molecule has 0 spiro atoms. The number of nitriles is 1. The summed E-state index contributed by atoms with van der Waals surface area (Å²) in [6, 6.07) is 7.98. The molecule has 0 saturated carbocycles. The standard InChI is InChI=1S/C15H20N2O2/c1-15(2)9-11-5-4-6-13(14(11)19-15)18-8-7-12(10-16)17-3/h4-6,12,17H,7-9H2,1-3H3. The summed E-state index contributed by atoms with van der Waals surface area (Å²) in [6.07, 6.45) is 1.55. The molecule has 1 unspecified atom stereocenters. The highest BCUT2D eigenvalue weighted by atomic mass is 16.5. The van der Waals surface area contributed by atoms with Crippen molar-refractivity contribution in [2.45, 2.75) is 38.3 Å². The van der Waals surface area contributed by atoms with E-state index in [1.807, 2.05) is 12.1 Å². The Morgan fingerprint density at radius 2 is 2.32 bits per heavy atom. The molecule has 1 N–H and O–H groups in total. The molecule has 102 valence electrons. The lowest BCUT2D eigenvalue weighted by Crippen LogP contribution is -2.25. The first-order valence-corrected chi connectivity index (χ1v) is 6.56. The topological polar surface area (TPSA) is 54.3 Å². The van der Waals surface area contributed by atoms with E-state index in [-0.39, 0.29) is 11.6 Å². The molecular weight excluding hydrogens is 240 g/mol. The molecule has 1 aromatic rings. The van der Waals surface area contributed by atoms with Crippen LogP contribution in [0, 0.1) is 11.3 Å². The average molecular weight is 260 g/mol. The van der Waals surface area contributed by atoms with Crippen LogP contribution in [0.5, 0.6) is 11.5 Å². The Labute approximate surface area is 114 Å². The van der Waals surface area contributed by atoms with E-state index in [4.69, 9.17) is 14.7 Å². The van der Waals surface area contributed by atoms with Crippen molar-refractivity contribution in [3.05, 3.63) is 23.8 Å². The van der Waals surface area contributed by atoms with E-state index in [0.29, 0.717) is 13.0 Å². The zero-order chi connectivity index (χ0) is 13.9. The van der Waals surface area contributed by atoms with Crippen molar-refractivity contribution < 1.29 is 9.47 Å². The first-order chi connectivity index (χ1) is 9.05. The maximum atomic E-state index is 8.85. The summed E-state index contributed by atoms with van der Waals surface area (Å²) in [5.74, 6) is 1.63. The van der Waals surface area contributed by atoms with Gasteiger partial charge in [-0.25, -0.2) is 0 Å². The summed E-state index contributed by atoms with van der Waals surface area (Å²) in [7, 11) is 1.78. The van der Waals surface area contributed by atoms with Crippen molar-refractivity contribution in [2.24, 2.45) is 0 Å². The predicted molar refractivity (Wildman–Crippen MR) is 73.4 cm³/mol. The van der Waals surface area contributed by atoms with Crippen LogP contribution in [-0.2, 0) is 6.42 Å². The van der Waals surface area contributed by atoms with Crippen molar-refractivity contribution in [1.82, 2.24) is 5.32 Å². The van der Waals surface area contributed by atoms with Gasteiger partial charge >= 0.3 is 0 Å². The molecule has 0 aliphatic carbocycles. The molecule has 0 aromatic heterocycles. The number of ether oxygens (including phenoxy) is 2. The largest absolute Gasteiger partial charge is 0.490 e. The minimum absolute atomic E-state index is 0.165. The van der Waals surface area contributed by atoms with E-state index >= 15 is 0 Å². The molecular formula is C15H20N2O2. The number of nitrogens with zero attached hydrogens (tertiary/aromatic N) is 1. The number of benzene rings is 1. The van der Waals surface area contributed by atoms with E-state index in [0.717, 1.165) is 17.9 Å². The van der Waals surface area contributed by atoms with E-state index in [1.54, 1.807) is 7.05 Å². The Bertz CT molecular complexity index is 491. The van der Waals surface area contributed by atoms with Gasteiger partial charge in [0, 0.05) is 18.4 Å². The number of hydrogen-bond acceptors (Lipinski definition) is 4. The van der Waals surface area contributed by atoms with E-state index in [2.05, 4.69) is 31.3 Å². The van der Waals surface area contributed by atoms with Crippen molar-refractivity contribution in [2.75, 3.05) is 13.7 Å². The molecule has 0 bridgehead atoms. The number of fused-ring (bicyclic) bond motifs is 1. The third-order valence-corrected chi connectivity index (χ3v) is 3.22. The maximum absolute atomic E-state index is 8.85. The van der Waals surface area contributed by atoms with Gasteiger partial charge in [0.05, 0.1) is 18.7 Å². The van der Waals surface area contributed by atoms with Crippen LogP contribution in [0.2, 0.25) is 0 Å². The summed E-state index contributed by atoms with van der Waals surface area (Å²) in [5, 5.41) is 11.8. The normalized spacial score (nSPS) is 17.2. The fourth-order valence-corrected chi connectivity index (χ4v) is 2.26. The van der Waals surface area contributed by atoms with Gasteiger partial charge in [0.1, 0.15) is 5.60 Å². The van der Waals surface area contributed by atoms with Crippen LogP contribution in [0.25, 0.3) is 0 Å². The van der Waals surface area contributed by atoms with Crippen LogP contribution in [0.3, 0.4) is 0 Å².